The molecule has 4 heterocycles. The number of rotatable bonds is 5. The van der Waals surface area contributed by atoms with Crippen molar-refractivity contribution in [1.29, 1.82) is 0 Å². The zero-order chi connectivity index (χ0) is 35.2. The molecule has 0 spiro atoms. The molecule has 2 saturated heterocycles. The first-order chi connectivity index (χ1) is 21.2. The Balaban J connectivity index is 0.000000413. The van der Waals surface area contributed by atoms with Gasteiger partial charge in [0.15, 0.2) is 0 Å². The highest BCUT2D eigenvalue weighted by Crippen LogP contribution is 2.41. The fourth-order valence-corrected chi connectivity index (χ4v) is 4.13. The van der Waals surface area contributed by atoms with Crippen molar-refractivity contribution < 1.29 is 78.7 Å². The second-order valence-electron chi connectivity index (χ2n) is 9.55. The number of aromatic nitrogens is 2. The number of carbonyl (C=O) groups is 3. The molecule has 0 bridgehead atoms. The van der Waals surface area contributed by atoms with E-state index < -0.39 is 36.4 Å². The van der Waals surface area contributed by atoms with Crippen LogP contribution in [0.2, 0.25) is 0 Å². The monoisotopic (exact) mass is 681 g/mol. The van der Waals surface area contributed by atoms with Gasteiger partial charge in [-0.2, -0.15) is 39.5 Å². The molecule has 258 valence electrons. The van der Waals surface area contributed by atoms with Crippen molar-refractivity contribution >= 4 is 17.9 Å². The molecule has 3 N–H and O–H groups in total. The summed E-state index contributed by atoms with van der Waals surface area (Å²) in [5.41, 5.74) is 1.31. The van der Waals surface area contributed by atoms with Gasteiger partial charge < -0.3 is 24.8 Å². The van der Waals surface area contributed by atoms with E-state index in [4.69, 9.17) is 39.2 Å². The Morgan fingerprint density at radius 1 is 0.891 bits per heavy atom. The highest BCUT2D eigenvalue weighted by molar-refractivity contribution is 5.73. The largest absolute Gasteiger partial charge is 0.490 e. The van der Waals surface area contributed by atoms with E-state index in [9.17, 15) is 39.5 Å². The first kappa shape index (κ1) is 39.8. The van der Waals surface area contributed by atoms with E-state index in [-0.39, 0.29) is 11.5 Å². The number of hydrogen-bond donors (Lipinski definition) is 3. The lowest BCUT2D eigenvalue weighted by Gasteiger charge is -2.50. The smallest absolute Gasteiger partial charge is 0.477 e. The number of pyridine rings is 2. The quantitative estimate of drug-likeness (QED) is 0.371. The van der Waals surface area contributed by atoms with E-state index in [1.165, 1.54) is 5.56 Å². The summed E-state index contributed by atoms with van der Waals surface area (Å²) in [5, 5.41) is 21.4. The Morgan fingerprint density at radius 2 is 1.46 bits per heavy atom. The predicted octanol–water partition coefficient (Wildman–Crippen LogP) is 4.83. The molecular weight excluding hydrogens is 653 g/mol. The molecule has 2 unspecified atom stereocenters. The minimum atomic E-state index is -5.08. The maximum Gasteiger partial charge on any atom is 0.490 e. The Bertz CT molecular complexity index is 1180. The van der Waals surface area contributed by atoms with E-state index in [1.54, 1.807) is 6.20 Å². The maximum absolute atomic E-state index is 10.6. The van der Waals surface area contributed by atoms with Gasteiger partial charge in [-0.15, -0.1) is 0 Å². The van der Waals surface area contributed by atoms with Crippen LogP contribution in [0.5, 0.6) is 5.88 Å². The zero-order valence-electron chi connectivity index (χ0n) is 23.5. The summed E-state index contributed by atoms with van der Waals surface area (Å²) in [6.07, 6.45) is -6.09. The lowest BCUT2D eigenvalue weighted by atomic mass is 9.73. The van der Waals surface area contributed by atoms with Crippen molar-refractivity contribution in [3.8, 4) is 5.88 Å². The normalized spacial score (nSPS) is 19.7. The molecule has 0 saturated carbocycles. The standard InChI is InChI=1S/C20H25N3O2.3C2HF3O2/c1-2-10-22-19(6-1)25-16-20-8-4-12-24-18(20)7-11-23(15-20)14-17-5-3-9-21-13-17;3*3-2(4,5)1(6)7/h1-3,5-6,9-10,13,18H,4,7-8,11-12,14-16H2;3*(H,6,7). The van der Waals surface area contributed by atoms with Crippen molar-refractivity contribution in [3.63, 3.8) is 0 Å². The van der Waals surface area contributed by atoms with Gasteiger partial charge in [0.1, 0.15) is 0 Å². The van der Waals surface area contributed by atoms with Gasteiger partial charge in [0, 0.05) is 56.3 Å². The third-order valence-electron chi connectivity index (χ3n) is 6.07. The number of carboxylic acids is 3. The predicted molar refractivity (Wildman–Crippen MR) is 136 cm³/mol. The second kappa shape index (κ2) is 17.5. The molecule has 46 heavy (non-hydrogen) atoms. The summed E-state index contributed by atoms with van der Waals surface area (Å²) in [7, 11) is 0. The maximum atomic E-state index is 10.6. The third kappa shape index (κ3) is 14.7. The van der Waals surface area contributed by atoms with Gasteiger partial charge in [0.2, 0.25) is 5.88 Å². The lowest BCUT2D eigenvalue weighted by molar-refractivity contribution is -0.193. The number of hydrogen-bond acceptors (Lipinski definition) is 8. The van der Waals surface area contributed by atoms with Gasteiger partial charge >= 0.3 is 36.4 Å². The Kier molecular flexibility index (Phi) is 15.1. The molecule has 20 heteroatoms. The molecule has 0 amide bonds. The van der Waals surface area contributed by atoms with Crippen LogP contribution in [0.3, 0.4) is 0 Å². The summed E-state index contributed by atoms with van der Waals surface area (Å²) in [6, 6.07) is 9.95. The molecule has 2 aliphatic heterocycles. The number of nitrogens with zero attached hydrogens (tertiary/aromatic N) is 3. The highest BCUT2D eigenvalue weighted by atomic mass is 19.4. The van der Waals surface area contributed by atoms with Crippen LogP contribution in [-0.2, 0) is 25.7 Å². The van der Waals surface area contributed by atoms with Crippen molar-refractivity contribution in [2.75, 3.05) is 26.3 Å². The first-order valence-electron chi connectivity index (χ1n) is 12.8. The van der Waals surface area contributed by atoms with Gasteiger partial charge in [-0.1, -0.05) is 12.1 Å². The van der Waals surface area contributed by atoms with Crippen LogP contribution in [0.4, 0.5) is 39.5 Å². The Hall–Kier alpha value is -4.20. The average molecular weight is 682 g/mol. The average Bonchev–Trinajstić information content (AvgIpc) is 2.96. The summed E-state index contributed by atoms with van der Waals surface area (Å²) < 4.78 is 107. The number of halogens is 9. The van der Waals surface area contributed by atoms with Crippen LogP contribution in [0.25, 0.3) is 0 Å². The minimum Gasteiger partial charge on any atom is -0.477 e. The molecule has 0 aromatic carbocycles. The second-order valence-corrected chi connectivity index (χ2v) is 9.55. The number of fused-ring (bicyclic) bond motifs is 1. The molecule has 11 nitrogen and oxygen atoms in total. The van der Waals surface area contributed by atoms with E-state index >= 15 is 0 Å². The topological polar surface area (TPSA) is 159 Å². The van der Waals surface area contributed by atoms with Crippen LogP contribution < -0.4 is 4.74 Å². The molecular formula is C26H28F9N3O8. The lowest BCUT2D eigenvalue weighted by Crippen LogP contribution is -2.57. The van der Waals surface area contributed by atoms with Crippen LogP contribution in [0.15, 0.2) is 48.9 Å². The van der Waals surface area contributed by atoms with Crippen molar-refractivity contribution in [1.82, 2.24) is 14.9 Å². The molecule has 2 aliphatic rings. The number of piperidine rings is 1. The first-order valence-corrected chi connectivity index (χ1v) is 12.8. The van der Waals surface area contributed by atoms with E-state index in [2.05, 4.69) is 20.9 Å². The highest BCUT2D eigenvalue weighted by Gasteiger charge is 2.46. The third-order valence-corrected chi connectivity index (χ3v) is 6.07. The fourth-order valence-electron chi connectivity index (χ4n) is 4.13. The summed E-state index contributed by atoms with van der Waals surface area (Å²) in [4.78, 5) is 37.7. The molecule has 2 atom stereocenters. The van der Waals surface area contributed by atoms with Crippen LogP contribution in [-0.4, -0.2) is 99.0 Å². The number of alkyl halides is 9. The number of carboxylic acid groups (broad SMARTS) is 3. The van der Waals surface area contributed by atoms with Crippen LogP contribution in [0.1, 0.15) is 24.8 Å². The van der Waals surface area contributed by atoms with Crippen LogP contribution >= 0.6 is 0 Å². The molecule has 0 aliphatic carbocycles. The number of aliphatic carboxylic acids is 3. The number of ether oxygens (including phenoxy) is 2. The zero-order valence-corrected chi connectivity index (χ0v) is 23.5. The summed E-state index contributed by atoms with van der Waals surface area (Å²) >= 11 is 0. The molecule has 4 rings (SSSR count). The van der Waals surface area contributed by atoms with Crippen molar-refractivity contribution in [3.05, 3.63) is 54.5 Å². The van der Waals surface area contributed by atoms with Crippen molar-refractivity contribution in [2.24, 2.45) is 5.41 Å². The van der Waals surface area contributed by atoms with Gasteiger partial charge in [-0.3, -0.25) is 9.88 Å². The van der Waals surface area contributed by atoms with E-state index in [0.29, 0.717) is 12.5 Å². The SMILES string of the molecule is O=C(O)C(F)(F)F.O=C(O)C(F)(F)F.O=C(O)C(F)(F)F.c1ccc(OCC23CCCOC2CCN(Cc2cccnc2)C3)nc1. The van der Waals surface area contributed by atoms with Gasteiger partial charge in [-0.25, -0.2) is 19.4 Å². The molecule has 2 aromatic rings. The molecule has 2 fully saturated rings. The van der Waals surface area contributed by atoms with Gasteiger partial charge in [-0.05, 0) is 37.0 Å². The minimum absolute atomic E-state index is 0.0518. The van der Waals surface area contributed by atoms with Crippen molar-refractivity contribution in [2.45, 2.75) is 50.4 Å². The van der Waals surface area contributed by atoms with E-state index in [0.717, 1.165) is 45.5 Å². The Labute approximate surface area is 254 Å². The summed E-state index contributed by atoms with van der Waals surface area (Å²) in [6.45, 7) is 4.53. The van der Waals surface area contributed by atoms with Gasteiger partial charge in [0.25, 0.3) is 0 Å². The molecule has 0 radical (unpaired) electrons. The molecule has 2 aromatic heterocycles. The summed E-state index contributed by atoms with van der Waals surface area (Å²) in [5.74, 6) is -7.57. The fraction of sp³-hybridized carbons (Fsp3) is 0.500. The van der Waals surface area contributed by atoms with E-state index in [1.807, 2.05) is 36.7 Å². The van der Waals surface area contributed by atoms with Crippen LogP contribution in [0, 0.1) is 5.41 Å². The van der Waals surface area contributed by atoms with Gasteiger partial charge in [0.05, 0.1) is 12.7 Å². The Morgan fingerprint density at radius 3 is 1.91 bits per heavy atom. The number of likely N-dealkylation sites (tertiary alicyclic amines) is 1.